The highest BCUT2D eigenvalue weighted by Crippen LogP contribution is 2.35. The van der Waals surface area contributed by atoms with Gasteiger partial charge in [0, 0.05) is 12.8 Å². The molecule has 5 atom stereocenters. The van der Waals surface area contributed by atoms with Gasteiger partial charge in [-0.3, -0.25) is 0 Å². The van der Waals surface area contributed by atoms with E-state index in [1.165, 1.54) is 0 Å². The first kappa shape index (κ1) is 12.8. The summed E-state index contributed by atoms with van der Waals surface area (Å²) in [6.45, 7) is 4.93. The lowest BCUT2D eigenvalue weighted by Gasteiger charge is -2.44. The maximum absolute atomic E-state index is 9.62. The molecule has 3 heterocycles. The zero-order chi connectivity index (χ0) is 12.8. The van der Waals surface area contributed by atoms with E-state index in [0.717, 1.165) is 12.8 Å². The molecular formula is C13H22O5. The Bertz CT molecular complexity index is 306. The lowest BCUT2D eigenvalue weighted by molar-refractivity contribution is -0.272. The molecule has 0 spiro atoms. The molecule has 0 aliphatic carbocycles. The van der Waals surface area contributed by atoms with Crippen LogP contribution in [0, 0.1) is 0 Å². The summed E-state index contributed by atoms with van der Waals surface area (Å²) in [4.78, 5) is 0. The molecule has 104 valence electrons. The van der Waals surface area contributed by atoms with Gasteiger partial charge < -0.3 is 24.1 Å². The first-order valence-electron chi connectivity index (χ1n) is 6.80. The summed E-state index contributed by atoms with van der Waals surface area (Å²) in [7, 11) is 0. The fourth-order valence-corrected chi connectivity index (χ4v) is 3.08. The number of rotatable bonds is 0. The topological polar surface area (TPSA) is 57.2 Å². The average molecular weight is 258 g/mol. The Hall–Kier alpha value is -0.200. The summed E-state index contributed by atoms with van der Waals surface area (Å²) in [5.74, 6) is -0.552. The van der Waals surface area contributed by atoms with E-state index in [2.05, 4.69) is 0 Å². The van der Waals surface area contributed by atoms with Crippen LogP contribution in [0.4, 0.5) is 0 Å². The molecular weight excluding hydrogens is 236 g/mol. The molecule has 3 aliphatic heterocycles. The van der Waals surface area contributed by atoms with Crippen LogP contribution in [0.1, 0.15) is 33.1 Å². The summed E-state index contributed by atoms with van der Waals surface area (Å²) in [5, 5.41) is 9.62. The van der Waals surface area contributed by atoms with Crippen molar-refractivity contribution in [2.45, 2.75) is 69.4 Å². The number of aliphatic hydroxyl groups is 1. The predicted octanol–water partition coefficient (Wildman–Crippen LogP) is 0.835. The van der Waals surface area contributed by atoms with Gasteiger partial charge in [0.1, 0.15) is 0 Å². The minimum Gasteiger partial charge on any atom is -0.391 e. The maximum Gasteiger partial charge on any atom is 0.163 e. The molecule has 0 unspecified atom stereocenters. The van der Waals surface area contributed by atoms with E-state index in [-0.39, 0.29) is 24.4 Å². The van der Waals surface area contributed by atoms with Crippen molar-refractivity contribution < 1.29 is 24.1 Å². The van der Waals surface area contributed by atoms with Crippen LogP contribution in [0.25, 0.3) is 0 Å². The van der Waals surface area contributed by atoms with E-state index >= 15 is 0 Å². The summed E-state index contributed by atoms with van der Waals surface area (Å²) in [5.41, 5.74) is 0. The lowest BCUT2D eigenvalue weighted by Crippen LogP contribution is -2.54. The van der Waals surface area contributed by atoms with Crippen molar-refractivity contribution in [1.82, 2.24) is 0 Å². The Morgan fingerprint density at radius 1 is 1.06 bits per heavy atom. The largest absolute Gasteiger partial charge is 0.391 e. The second kappa shape index (κ2) is 4.72. The van der Waals surface area contributed by atoms with E-state index in [0.29, 0.717) is 19.6 Å². The summed E-state index contributed by atoms with van der Waals surface area (Å²) >= 11 is 0. The lowest BCUT2D eigenvalue weighted by atomic mass is 9.91. The van der Waals surface area contributed by atoms with Crippen LogP contribution in [0.2, 0.25) is 0 Å². The minimum atomic E-state index is -0.552. The Labute approximate surface area is 107 Å². The first-order valence-corrected chi connectivity index (χ1v) is 6.80. The van der Waals surface area contributed by atoms with Crippen molar-refractivity contribution in [3.63, 3.8) is 0 Å². The Kier molecular flexibility index (Phi) is 3.36. The van der Waals surface area contributed by atoms with E-state index in [9.17, 15) is 5.11 Å². The number of ether oxygens (including phenoxy) is 4. The van der Waals surface area contributed by atoms with Crippen molar-refractivity contribution in [2.24, 2.45) is 0 Å². The summed E-state index contributed by atoms with van der Waals surface area (Å²) in [6.07, 6.45) is 2.06. The van der Waals surface area contributed by atoms with E-state index in [1.807, 2.05) is 13.8 Å². The molecule has 1 N–H and O–H groups in total. The normalized spacial score (nSPS) is 47.8. The number of fused-ring (bicyclic) bond motifs is 2. The number of aliphatic hydroxyl groups excluding tert-OH is 1. The molecule has 5 nitrogen and oxygen atoms in total. The van der Waals surface area contributed by atoms with Gasteiger partial charge in [-0.05, 0) is 20.3 Å². The van der Waals surface area contributed by atoms with Crippen molar-refractivity contribution in [2.75, 3.05) is 13.2 Å². The number of hydrogen-bond acceptors (Lipinski definition) is 5. The van der Waals surface area contributed by atoms with Crippen LogP contribution in [0.15, 0.2) is 0 Å². The second-order valence-corrected chi connectivity index (χ2v) is 5.90. The van der Waals surface area contributed by atoms with Gasteiger partial charge in [-0.1, -0.05) is 0 Å². The molecule has 0 aromatic heterocycles. The molecule has 3 aliphatic rings. The van der Waals surface area contributed by atoms with E-state index < -0.39 is 11.9 Å². The fraction of sp³-hybridized carbons (Fsp3) is 1.00. The molecule has 0 radical (unpaired) electrons. The zero-order valence-electron chi connectivity index (χ0n) is 11.0. The summed E-state index contributed by atoms with van der Waals surface area (Å²) < 4.78 is 23.4. The molecule has 5 heteroatoms. The van der Waals surface area contributed by atoms with Gasteiger partial charge in [-0.2, -0.15) is 0 Å². The smallest absolute Gasteiger partial charge is 0.163 e. The van der Waals surface area contributed by atoms with Crippen LogP contribution >= 0.6 is 0 Å². The molecule has 0 bridgehead atoms. The van der Waals surface area contributed by atoms with Gasteiger partial charge in [-0.25, -0.2) is 0 Å². The molecule has 0 aromatic rings. The van der Waals surface area contributed by atoms with Gasteiger partial charge in [0.25, 0.3) is 0 Å². The van der Waals surface area contributed by atoms with Gasteiger partial charge in [0.2, 0.25) is 0 Å². The molecule has 18 heavy (non-hydrogen) atoms. The van der Waals surface area contributed by atoms with Gasteiger partial charge in [0.15, 0.2) is 5.79 Å². The third-order valence-electron chi connectivity index (χ3n) is 3.94. The quantitative estimate of drug-likeness (QED) is 0.697. The minimum absolute atomic E-state index is 0.000174. The highest BCUT2D eigenvalue weighted by molar-refractivity contribution is 4.91. The van der Waals surface area contributed by atoms with Crippen LogP contribution in [-0.2, 0) is 18.9 Å². The van der Waals surface area contributed by atoms with Crippen LogP contribution in [-0.4, -0.2) is 54.6 Å². The molecule has 3 rings (SSSR count). The SMILES string of the molecule is CC1(C)OCC[C@H]2O[C@H]3C[C@@H](O)CO[C@H]3C[C@H]2O1. The average Bonchev–Trinajstić information content (AvgIpc) is 2.43. The third kappa shape index (κ3) is 2.56. The molecule has 0 amide bonds. The van der Waals surface area contributed by atoms with Crippen LogP contribution in [0.5, 0.6) is 0 Å². The van der Waals surface area contributed by atoms with Gasteiger partial charge in [0.05, 0.1) is 43.7 Å². The highest BCUT2D eigenvalue weighted by atomic mass is 16.7. The Balaban J connectivity index is 1.70. The van der Waals surface area contributed by atoms with Crippen LogP contribution < -0.4 is 0 Å². The first-order chi connectivity index (χ1) is 8.53. The predicted molar refractivity (Wildman–Crippen MR) is 63.2 cm³/mol. The zero-order valence-corrected chi connectivity index (χ0v) is 11.0. The van der Waals surface area contributed by atoms with Gasteiger partial charge >= 0.3 is 0 Å². The molecule has 3 fully saturated rings. The van der Waals surface area contributed by atoms with Crippen LogP contribution in [0.3, 0.4) is 0 Å². The third-order valence-corrected chi connectivity index (χ3v) is 3.94. The van der Waals surface area contributed by atoms with Crippen molar-refractivity contribution in [3.05, 3.63) is 0 Å². The highest BCUT2D eigenvalue weighted by Gasteiger charge is 2.45. The van der Waals surface area contributed by atoms with Gasteiger partial charge in [-0.15, -0.1) is 0 Å². The Morgan fingerprint density at radius 2 is 1.89 bits per heavy atom. The summed E-state index contributed by atoms with van der Waals surface area (Å²) in [6, 6.07) is 0. The molecule has 0 aromatic carbocycles. The fourth-order valence-electron chi connectivity index (χ4n) is 3.08. The maximum atomic E-state index is 9.62. The Morgan fingerprint density at radius 3 is 2.72 bits per heavy atom. The van der Waals surface area contributed by atoms with E-state index in [4.69, 9.17) is 18.9 Å². The molecule has 3 saturated heterocycles. The standard InChI is InChI=1S/C13H22O5/c1-13(2)16-4-3-9-12(18-13)6-10-11(17-9)5-8(14)7-15-10/h8-12,14H,3-7H2,1-2H3/t8-,9-,10+,11+,12-/m1/s1. The van der Waals surface area contributed by atoms with Crippen molar-refractivity contribution >= 4 is 0 Å². The van der Waals surface area contributed by atoms with Crippen molar-refractivity contribution in [1.29, 1.82) is 0 Å². The van der Waals surface area contributed by atoms with Crippen molar-refractivity contribution in [3.8, 4) is 0 Å². The second-order valence-electron chi connectivity index (χ2n) is 5.90. The molecule has 0 saturated carbocycles. The van der Waals surface area contributed by atoms with E-state index in [1.54, 1.807) is 0 Å². The number of hydrogen-bond donors (Lipinski definition) is 1. The monoisotopic (exact) mass is 258 g/mol.